The molecule has 0 aromatic heterocycles. The minimum atomic E-state index is -0.291. The molecule has 13 heavy (non-hydrogen) atoms. The quantitative estimate of drug-likeness (QED) is 0.614. The number of rotatable bonds is 2. The average molecular weight is 182 g/mol. The van der Waals surface area contributed by atoms with E-state index in [4.69, 9.17) is 0 Å². The van der Waals surface area contributed by atoms with E-state index in [1.54, 1.807) is 0 Å². The number of hydrogen-bond donors (Lipinski definition) is 0. The Hall–Kier alpha value is -0.660. The summed E-state index contributed by atoms with van der Waals surface area (Å²) >= 11 is 0. The lowest BCUT2D eigenvalue weighted by Crippen LogP contribution is -2.36. The molecule has 3 atom stereocenters. The van der Waals surface area contributed by atoms with Gasteiger partial charge in [0.1, 0.15) is 11.6 Å². The van der Waals surface area contributed by atoms with Gasteiger partial charge >= 0.3 is 0 Å². The third kappa shape index (κ3) is 2.17. The molecule has 3 unspecified atom stereocenters. The fraction of sp³-hybridized carbons (Fsp3) is 0.818. The smallest absolute Gasteiger partial charge is 0.143 e. The highest BCUT2D eigenvalue weighted by atomic mass is 16.1. The Bertz CT molecular complexity index is 220. The Labute approximate surface area is 79.7 Å². The molecular weight excluding hydrogens is 164 g/mol. The van der Waals surface area contributed by atoms with Crippen LogP contribution in [-0.2, 0) is 9.59 Å². The molecule has 0 N–H and O–H groups in total. The normalized spacial score (nSPS) is 34.7. The minimum absolute atomic E-state index is 0.129. The van der Waals surface area contributed by atoms with Crippen LogP contribution in [-0.4, -0.2) is 11.6 Å². The van der Waals surface area contributed by atoms with E-state index in [-0.39, 0.29) is 23.4 Å². The monoisotopic (exact) mass is 182 g/mol. The number of carbonyl (C=O) groups excluding carboxylic acids is 2. The molecule has 1 rings (SSSR count). The standard InChI is InChI=1S/C11H18O2/c1-4-9(12)11-8(3)5-7(2)6-10(11)13/h7-8,11H,4-6H2,1-3H3. The second-order valence-corrected chi connectivity index (χ2v) is 4.29. The van der Waals surface area contributed by atoms with Crippen molar-refractivity contribution >= 4 is 11.6 Å². The summed E-state index contributed by atoms with van der Waals surface area (Å²) in [6.45, 7) is 5.94. The zero-order valence-electron chi connectivity index (χ0n) is 8.67. The number of Topliss-reactive ketones (excluding diaryl/α,β-unsaturated/α-hetero) is 2. The fourth-order valence-corrected chi connectivity index (χ4v) is 2.36. The molecule has 0 spiro atoms. The van der Waals surface area contributed by atoms with E-state index in [9.17, 15) is 9.59 Å². The van der Waals surface area contributed by atoms with Gasteiger partial charge in [0.05, 0.1) is 5.92 Å². The summed E-state index contributed by atoms with van der Waals surface area (Å²) in [4.78, 5) is 23.1. The lowest BCUT2D eigenvalue weighted by atomic mass is 9.72. The van der Waals surface area contributed by atoms with Gasteiger partial charge in [0.2, 0.25) is 0 Å². The van der Waals surface area contributed by atoms with Crippen LogP contribution >= 0.6 is 0 Å². The maximum absolute atomic E-state index is 11.6. The van der Waals surface area contributed by atoms with Gasteiger partial charge in [0, 0.05) is 12.8 Å². The summed E-state index contributed by atoms with van der Waals surface area (Å²) in [6.07, 6.45) is 2.11. The third-order valence-corrected chi connectivity index (χ3v) is 2.94. The summed E-state index contributed by atoms with van der Waals surface area (Å²) in [5.41, 5.74) is 0. The van der Waals surface area contributed by atoms with E-state index in [0.717, 1.165) is 6.42 Å². The van der Waals surface area contributed by atoms with Gasteiger partial charge < -0.3 is 0 Å². The molecule has 0 saturated heterocycles. The van der Waals surface area contributed by atoms with Crippen molar-refractivity contribution in [3.8, 4) is 0 Å². The summed E-state index contributed by atoms with van der Waals surface area (Å²) in [6, 6.07) is 0. The van der Waals surface area contributed by atoms with Gasteiger partial charge in [-0.05, 0) is 18.3 Å². The number of carbonyl (C=O) groups is 2. The van der Waals surface area contributed by atoms with Crippen molar-refractivity contribution in [2.75, 3.05) is 0 Å². The summed E-state index contributed by atoms with van der Waals surface area (Å²) in [5.74, 6) is 0.718. The summed E-state index contributed by atoms with van der Waals surface area (Å²) < 4.78 is 0. The van der Waals surface area contributed by atoms with Crippen molar-refractivity contribution in [1.29, 1.82) is 0 Å². The highest BCUT2D eigenvalue weighted by molar-refractivity contribution is 6.03. The molecule has 0 bridgehead atoms. The molecule has 0 radical (unpaired) electrons. The molecule has 1 saturated carbocycles. The van der Waals surface area contributed by atoms with Crippen LogP contribution in [0.2, 0.25) is 0 Å². The molecule has 1 aliphatic carbocycles. The zero-order valence-corrected chi connectivity index (χ0v) is 8.67. The van der Waals surface area contributed by atoms with Crippen LogP contribution < -0.4 is 0 Å². The van der Waals surface area contributed by atoms with E-state index in [1.165, 1.54) is 0 Å². The van der Waals surface area contributed by atoms with Crippen molar-refractivity contribution in [2.45, 2.75) is 40.0 Å². The first-order valence-electron chi connectivity index (χ1n) is 5.11. The number of hydrogen-bond acceptors (Lipinski definition) is 2. The third-order valence-electron chi connectivity index (χ3n) is 2.94. The highest BCUT2D eigenvalue weighted by Crippen LogP contribution is 2.31. The molecule has 0 amide bonds. The summed E-state index contributed by atoms with van der Waals surface area (Å²) in [5, 5.41) is 0. The molecule has 0 aliphatic heterocycles. The summed E-state index contributed by atoms with van der Waals surface area (Å²) in [7, 11) is 0. The van der Waals surface area contributed by atoms with Gasteiger partial charge in [-0.15, -0.1) is 0 Å². The maximum atomic E-state index is 11.6. The Morgan fingerprint density at radius 3 is 2.54 bits per heavy atom. The van der Waals surface area contributed by atoms with Crippen molar-refractivity contribution in [1.82, 2.24) is 0 Å². The van der Waals surface area contributed by atoms with Gasteiger partial charge in [-0.1, -0.05) is 20.8 Å². The lowest BCUT2D eigenvalue weighted by molar-refractivity contribution is -0.137. The molecular formula is C11H18O2. The van der Waals surface area contributed by atoms with Crippen LogP contribution in [0, 0.1) is 17.8 Å². The van der Waals surface area contributed by atoms with Crippen LogP contribution in [0.4, 0.5) is 0 Å². The Kier molecular flexibility index (Phi) is 3.23. The Morgan fingerprint density at radius 2 is 2.08 bits per heavy atom. The first-order chi connectivity index (χ1) is 6.06. The van der Waals surface area contributed by atoms with E-state index >= 15 is 0 Å². The topological polar surface area (TPSA) is 34.1 Å². The predicted molar refractivity (Wildman–Crippen MR) is 51.4 cm³/mol. The van der Waals surface area contributed by atoms with Gasteiger partial charge in [-0.2, -0.15) is 0 Å². The van der Waals surface area contributed by atoms with Crippen LogP contribution in [0.25, 0.3) is 0 Å². The highest BCUT2D eigenvalue weighted by Gasteiger charge is 2.36. The molecule has 1 fully saturated rings. The molecule has 0 aromatic carbocycles. The van der Waals surface area contributed by atoms with Gasteiger partial charge in [-0.25, -0.2) is 0 Å². The zero-order chi connectivity index (χ0) is 10.0. The fourth-order valence-electron chi connectivity index (χ4n) is 2.36. The average Bonchev–Trinajstić information content (AvgIpc) is 2.02. The SMILES string of the molecule is CCC(=O)C1C(=O)CC(C)CC1C. The van der Waals surface area contributed by atoms with E-state index in [2.05, 4.69) is 6.92 Å². The second kappa shape index (κ2) is 4.03. The first kappa shape index (κ1) is 10.4. The van der Waals surface area contributed by atoms with Crippen LogP contribution in [0.1, 0.15) is 40.0 Å². The van der Waals surface area contributed by atoms with Gasteiger partial charge in [0.15, 0.2) is 0 Å². The molecule has 1 aliphatic rings. The van der Waals surface area contributed by atoms with Crippen LogP contribution in [0.3, 0.4) is 0 Å². The number of ketones is 2. The van der Waals surface area contributed by atoms with E-state index in [1.807, 2.05) is 13.8 Å². The maximum Gasteiger partial charge on any atom is 0.143 e. The van der Waals surface area contributed by atoms with E-state index < -0.39 is 0 Å². The Balaban J connectivity index is 2.72. The van der Waals surface area contributed by atoms with Crippen molar-refractivity contribution in [3.63, 3.8) is 0 Å². The van der Waals surface area contributed by atoms with Gasteiger partial charge in [-0.3, -0.25) is 9.59 Å². The molecule has 0 aromatic rings. The molecule has 74 valence electrons. The first-order valence-corrected chi connectivity index (χ1v) is 5.11. The predicted octanol–water partition coefficient (Wildman–Crippen LogP) is 2.22. The minimum Gasteiger partial charge on any atom is -0.299 e. The van der Waals surface area contributed by atoms with Crippen LogP contribution in [0.5, 0.6) is 0 Å². The van der Waals surface area contributed by atoms with Crippen molar-refractivity contribution in [3.05, 3.63) is 0 Å². The van der Waals surface area contributed by atoms with Crippen molar-refractivity contribution < 1.29 is 9.59 Å². The van der Waals surface area contributed by atoms with Crippen LogP contribution in [0.15, 0.2) is 0 Å². The second-order valence-electron chi connectivity index (χ2n) is 4.29. The Morgan fingerprint density at radius 1 is 1.46 bits per heavy atom. The van der Waals surface area contributed by atoms with Crippen molar-refractivity contribution in [2.24, 2.45) is 17.8 Å². The van der Waals surface area contributed by atoms with Gasteiger partial charge in [0.25, 0.3) is 0 Å². The molecule has 2 heteroatoms. The molecule has 0 heterocycles. The van der Waals surface area contributed by atoms with E-state index in [0.29, 0.717) is 18.8 Å². The lowest BCUT2D eigenvalue weighted by Gasteiger charge is -2.30. The molecule has 2 nitrogen and oxygen atoms in total. The largest absolute Gasteiger partial charge is 0.299 e.